The Morgan fingerprint density at radius 3 is 2.72 bits per heavy atom. The molecule has 0 spiro atoms. The van der Waals surface area contributed by atoms with Crippen molar-refractivity contribution in [3.8, 4) is 0 Å². The minimum atomic E-state index is 0.0785. The maximum absolute atomic E-state index is 13.0. The first-order valence-electron chi connectivity index (χ1n) is 11.7. The van der Waals surface area contributed by atoms with Gasteiger partial charge in [0.1, 0.15) is 0 Å². The highest BCUT2D eigenvalue weighted by atomic mass is 32.1. The number of hydrogen-bond donors (Lipinski definition) is 0. The molecule has 170 valence electrons. The molecule has 0 aliphatic carbocycles. The van der Waals surface area contributed by atoms with Crippen LogP contribution in [0, 0.1) is 6.92 Å². The Morgan fingerprint density at radius 1 is 1.19 bits per heavy atom. The Bertz CT molecular complexity index is 1070. The summed E-state index contributed by atoms with van der Waals surface area (Å²) >= 11 is 1.71. The second-order valence-electron chi connectivity index (χ2n) is 8.05. The highest BCUT2D eigenvalue weighted by molar-refractivity contribution is 7.51. The molecule has 0 saturated carbocycles. The lowest BCUT2D eigenvalue weighted by Gasteiger charge is -2.40. The number of rotatable bonds is 4. The lowest BCUT2D eigenvalue weighted by atomic mass is 10.1. The van der Waals surface area contributed by atoms with Crippen molar-refractivity contribution in [2.45, 2.75) is 39.9 Å². The summed E-state index contributed by atoms with van der Waals surface area (Å²) in [5.74, 6) is 0.199. The molecule has 2 atom stereocenters. The van der Waals surface area contributed by atoms with Crippen molar-refractivity contribution >= 4 is 41.4 Å². The van der Waals surface area contributed by atoms with E-state index in [1.807, 2.05) is 31.7 Å². The van der Waals surface area contributed by atoms with E-state index in [-0.39, 0.29) is 11.7 Å². The normalized spacial score (nSPS) is 21.9. The van der Waals surface area contributed by atoms with E-state index >= 15 is 0 Å². The van der Waals surface area contributed by atoms with Crippen LogP contribution >= 0.6 is 19.9 Å². The summed E-state index contributed by atoms with van der Waals surface area (Å²) < 4.78 is 1.20. The number of hydrogen-bond acceptors (Lipinski definition) is 5. The molecule has 0 bridgehead atoms. The van der Waals surface area contributed by atoms with Crippen LogP contribution in [0.1, 0.15) is 37.8 Å². The minimum absolute atomic E-state index is 0.0785. The van der Waals surface area contributed by atoms with Gasteiger partial charge in [-0.15, -0.1) is 11.3 Å². The second kappa shape index (κ2) is 10.3. The van der Waals surface area contributed by atoms with Crippen molar-refractivity contribution in [3.63, 3.8) is 0 Å². The Balaban J connectivity index is 0.00000119. The van der Waals surface area contributed by atoms with Gasteiger partial charge in [-0.3, -0.25) is 9.69 Å². The molecule has 3 aliphatic heterocycles. The molecule has 0 N–H and O–H groups in total. The van der Waals surface area contributed by atoms with Gasteiger partial charge in [0, 0.05) is 38.5 Å². The van der Waals surface area contributed by atoms with Crippen LogP contribution in [0.15, 0.2) is 48.3 Å². The van der Waals surface area contributed by atoms with Crippen molar-refractivity contribution in [1.82, 2.24) is 19.7 Å². The standard InChI is InChI=1S/C23H27N4OPS.C2H6/c1-3-8-25-9-11-26(12-10-25)18-5-7-23-27(15-18)22(28)14-20(29-23)17-4-6-21-19(13-17)24-16(2)30-21;1-2/h4-7,13-15,23,29H,3,8-12H2,1-2H3;1-2H3. The van der Waals surface area contributed by atoms with E-state index in [9.17, 15) is 4.79 Å². The van der Waals surface area contributed by atoms with E-state index in [0.717, 1.165) is 53.3 Å². The maximum Gasteiger partial charge on any atom is 0.252 e. The topological polar surface area (TPSA) is 39.7 Å². The van der Waals surface area contributed by atoms with E-state index in [2.05, 4.69) is 58.3 Å². The van der Waals surface area contributed by atoms with E-state index in [1.54, 1.807) is 11.3 Å². The first-order chi connectivity index (χ1) is 15.6. The number of aromatic nitrogens is 1. The Kier molecular flexibility index (Phi) is 7.44. The highest BCUT2D eigenvalue weighted by Gasteiger charge is 2.30. The van der Waals surface area contributed by atoms with Gasteiger partial charge in [0.2, 0.25) is 0 Å². The number of allylic oxidation sites excluding steroid dienone is 1. The number of piperazine rings is 1. The van der Waals surface area contributed by atoms with Crippen molar-refractivity contribution in [1.29, 1.82) is 0 Å². The molecular formula is C25H33N4OPS. The predicted molar refractivity (Wildman–Crippen MR) is 138 cm³/mol. The van der Waals surface area contributed by atoms with Gasteiger partial charge in [-0.2, -0.15) is 0 Å². The van der Waals surface area contributed by atoms with Crippen LogP contribution in [0.3, 0.4) is 0 Å². The molecule has 1 fully saturated rings. The quantitative estimate of drug-likeness (QED) is 0.574. The molecule has 1 aromatic carbocycles. The number of nitrogens with zero attached hydrogens (tertiary/aromatic N) is 4. The Hall–Kier alpha value is -2.01. The van der Waals surface area contributed by atoms with Crippen LogP contribution in [0.2, 0.25) is 0 Å². The van der Waals surface area contributed by atoms with Gasteiger partial charge < -0.3 is 9.80 Å². The summed E-state index contributed by atoms with van der Waals surface area (Å²) in [5, 5.41) is 2.20. The molecule has 5 nitrogen and oxygen atoms in total. The molecule has 4 heterocycles. The second-order valence-corrected chi connectivity index (χ2v) is 10.7. The number of thiazole rings is 1. The fraction of sp³-hybridized carbons (Fsp3) is 0.440. The third-order valence-corrected chi connectivity index (χ3v) is 8.39. The van der Waals surface area contributed by atoms with Crippen LogP contribution in [-0.2, 0) is 4.79 Å². The lowest BCUT2D eigenvalue weighted by molar-refractivity contribution is -0.123. The average molecular weight is 469 g/mol. The summed E-state index contributed by atoms with van der Waals surface area (Å²) in [6.07, 6.45) is 9.52. The average Bonchev–Trinajstić information content (AvgIpc) is 3.20. The van der Waals surface area contributed by atoms with E-state index in [1.165, 1.54) is 17.7 Å². The summed E-state index contributed by atoms with van der Waals surface area (Å²) in [6, 6.07) is 6.39. The third kappa shape index (κ3) is 4.83. The largest absolute Gasteiger partial charge is 0.368 e. The smallest absolute Gasteiger partial charge is 0.252 e. The Labute approximate surface area is 197 Å². The molecule has 2 aromatic rings. The number of carbonyl (C=O) groups is 1. The number of carbonyl (C=O) groups excluding carboxylic acids is 1. The Morgan fingerprint density at radius 2 is 1.97 bits per heavy atom. The molecule has 1 amide bonds. The van der Waals surface area contributed by atoms with E-state index in [0.29, 0.717) is 8.58 Å². The van der Waals surface area contributed by atoms with Crippen LogP contribution in [0.5, 0.6) is 0 Å². The van der Waals surface area contributed by atoms with Crippen LogP contribution < -0.4 is 0 Å². The van der Waals surface area contributed by atoms with Crippen molar-refractivity contribution in [2.24, 2.45) is 0 Å². The molecule has 1 aromatic heterocycles. The third-order valence-electron chi connectivity index (χ3n) is 5.93. The van der Waals surface area contributed by atoms with Gasteiger partial charge in [0.05, 0.1) is 26.7 Å². The van der Waals surface area contributed by atoms with Gasteiger partial charge >= 0.3 is 0 Å². The fourth-order valence-electron chi connectivity index (χ4n) is 4.38. The van der Waals surface area contributed by atoms with Gasteiger partial charge in [0.25, 0.3) is 5.91 Å². The van der Waals surface area contributed by atoms with Crippen LogP contribution in [0.25, 0.3) is 15.5 Å². The lowest BCUT2D eigenvalue weighted by Crippen LogP contribution is -2.47. The summed E-state index contributed by atoms with van der Waals surface area (Å²) in [6.45, 7) is 13.7. The molecule has 0 radical (unpaired) electrons. The van der Waals surface area contributed by atoms with Gasteiger partial charge in [-0.1, -0.05) is 41.5 Å². The van der Waals surface area contributed by atoms with Crippen molar-refractivity contribution in [2.75, 3.05) is 32.7 Å². The first kappa shape index (κ1) is 23.2. The fourth-order valence-corrected chi connectivity index (χ4v) is 6.56. The van der Waals surface area contributed by atoms with Gasteiger partial charge in [-0.25, -0.2) is 4.98 Å². The molecule has 32 heavy (non-hydrogen) atoms. The van der Waals surface area contributed by atoms with Gasteiger partial charge in [-0.05, 0) is 49.0 Å². The van der Waals surface area contributed by atoms with Crippen molar-refractivity contribution < 1.29 is 4.79 Å². The molecule has 1 saturated heterocycles. The SMILES string of the molecule is CC.CCCN1CCN(C2=CN3C(=O)C=C(c4ccc5sc(C)nc5c4)PC3C=C2)CC1. The van der Waals surface area contributed by atoms with Crippen LogP contribution in [-0.4, -0.2) is 64.1 Å². The number of benzene rings is 1. The van der Waals surface area contributed by atoms with Crippen LogP contribution in [0.4, 0.5) is 0 Å². The highest BCUT2D eigenvalue weighted by Crippen LogP contribution is 2.45. The molecule has 3 aliphatic rings. The number of aryl methyl sites for hydroxylation is 1. The molecule has 2 unspecified atom stereocenters. The summed E-state index contributed by atoms with van der Waals surface area (Å²) in [5.41, 5.74) is 3.31. The number of amides is 1. The summed E-state index contributed by atoms with van der Waals surface area (Å²) in [7, 11) is 0.542. The molecule has 5 rings (SSSR count). The van der Waals surface area contributed by atoms with E-state index in [4.69, 9.17) is 0 Å². The minimum Gasteiger partial charge on any atom is -0.368 e. The van der Waals surface area contributed by atoms with Crippen molar-refractivity contribution in [3.05, 3.63) is 58.9 Å². The van der Waals surface area contributed by atoms with E-state index < -0.39 is 0 Å². The predicted octanol–water partition coefficient (Wildman–Crippen LogP) is 5.26. The zero-order valence-corrected chi connectivity index (χ0v) is 21.3. The van der Waals surface area contributed by atoms with Gasteiger partial charge in [0.15, 0.2) is 0 Å². The summed E-state index contributed by atoms with van der Waals surface area (Å²) in [4.78, 5) is 24.4. The zero-order chi connectivity index (χ0) is 22.7. The number of fused-ring (bicyclic) bond motifs is 2. The first-order valence-corrected chi connectivity index (χ1v) is 13.6. The molecular weight excluding hydrogens is 435 g/mol. The maximum atomic E-state index is 13.0. The molecule has 7 heteroatoms. The monoisotopic (exact) mass is 468 g/mol. The zero-order valence-electron chi connectivity index (χ0n) is 19.5.